The highest BCUT2D eigenvalue weighted by atomic mass is 15.3. The van der Waals surface area contributed by atoms with Crippen molar-refractivity contribution in [1.29, 1.82) is 0 Å². The minimum atomic E-state index is 0.699. The molecule has 0 atom stereocenters. The lowest BCUT2D eigenvalue weighted by Crippen LogP contribution is -2.44. The predicted molar refractivity (Wildman–Crippen MR) is 43.6 cm³/mol. The zero-order chi connectivity index (χ0) is 7.56. The normalized spacial score (nSPS) is 24.0. The summed E-state index contributed by atoms with van der Waals surface area (Å²) in [6.07, 6.45) is 0. The third kappa shape index (κ3) is 1.96. The Balaban J connectivity index is 2.26. The van der Waals surface area contributed by atoms with Crippen molar-refractivity contribution in [3.63, 3.8) is 0 Å². The van der Waals surface area contributed by atoms with Crippen LogP contribution in [0.15, 0.2) is 0 Å². The van der Waals surface area contributed by atoms with Crippen LogP contribution < -0.4 is 0 Å². The first-order chi connectivity index (χ1) is 4.70. The third-order valence-corrected chi connectivity index (χ3v) is 2.10. The maximum atomic E-state index is 2.47. The third-order valence-electron chi connectivity index (χ3n) is 2.10. The van der Waals surface area contributed by atoms with Crippen LogP contribution >= 0.6 is 0 Å². The maximum absolute atomic E-state index is 2.47. The van der Waals surface area contributed by atoms with Crippen molar-refractivity contribution in [3.05, 3.63) is 6.54 Å². The monoisotopic (exact) mass is 141 g/mol. The van der Waals surface area contributed by atoms with E-state index in [1.54, 1.807) is 0 Å². The van der Waals surface area contributed by atoms with Gasteiger partial charge in [-0.1, -0.05) is 0 Å². The second kappa shape index (κ2) is 3.35. The van der Waals surface area contributed by atoms with Crippen molar-refractivity contribution in [3.8, 4) is 0 Å². The molecule has 1 fully saturated rings. The molecule has 0 unspecified atom stereocenters. The van der Waals surface area contributed by atoms with Gasteiger partial charge in [0.2, 0.25) is 0 Å². The topological polar surface area (TPSA) is 6.48 Å². The molecule has 1 saturated heterocycles. The zero-order valence-corrected chi connectivity index (χ0v) is 7.17. The number of piperazine rings is 1. The Morgan fingerprint density at radius 2 is 2.00 bits per heavy atom. The fourth-order valence-corrected chi connectivity index (χ4v) is 1.18. The van der Waals surface area contributed by atoms with E-state index in [9.17, 15) is 0 Å². The fourth-order valence-electron chi connectivity index (χ4n) is 1.18. The van der Waals surface area contributed by atoms with Gasteiger partial charge in [0.15, 0.2) is 0 Å². The molecule has 2 heteroatoms. The van der Waals surface area contributed by atoms with Crippen molar-refractivity contribution in [2.24, 2.45) is 0 Å². The first-order valence-corrected chi connectivity index (χ1v) is 3.98. The van der Waals surface area contributed by atoms with E-state index >= 15 is 0 Å². The Labute approximate surface area is 63.8 Å². The van der Waals surface area contributed by atoms with Crippen LogP contribution in [0.4, 0.5) is 0 Å². The number of rotatable bonds is 1. The average Bonchev–Trinajstić information content (AvgIpc) is 1.88. The van der Waals surface area contributed by atoms with E-state index in [0.717, 1.165) is 6.54 Å². The first kappa shape index (κ1) is 8.02. The Hall–Kier alpha value is -0.0800. The lowest BCUT2D eigenvalue weighted by atomic mass is 10.2. The zero-order valence-electron chi connectivity index (χ0n) is 7.17. The molecule has 0 aliphatic carbocycles. The standard InChI is InChI=1S/C8H17N2/c1-8(2)10-6-4-9(3)5-7-10/h4,8H,5-7H2,1-3H3. The molecule has 0 bridgehead atoms. The minimum Gasteiger partial charge on any atom is -0.299 e. The highest BCUT2D eigenvalue weighted by molar-refractivity contribution is 4.79. The number of hydrogen-bond donors (Lipinski definition) is 0. The fraction of sp³-hybridized carbons (Fsp3) is 0.875. The van der Waals surface area contributed by atoms with Crippen LogP contribution in [0, 0.1) is 6.54 Å². The summed E-state index contributed by atoms with van der Waals surface area (Å²) in [5.74, 6) is 0. The van der Waals surface area contributed by atoms with Crippen molar-refractivity contribution in [2.45, 2.75) is 19.9 Å². The summed E-state index contributed by atoms with van der Waals surface area (Å²) in [5.41, 5.74) is 0. The van der Waals surface area contributed by atoms with Gasteiger partial charge in [0.1, 0.15) is 0 Å². The molecule has 0 aromatic carbocycles. The van der Waals surface area contributed by atoms with Gasteiger partial charge in [0.05, 0.1) is 0 Å². The maximum Gasteiger partial charge on any atom is 0.0388 e. The van der Waals surface area contributed by atoms with Crippen LogP contribution in [0.5, 0.6) is 0 Å². The van der Waals surface area contributed by atoms with E-state index < -0.39 is 0 Å². The van der Waals surface area contributed by atoms with E-state index in [0.29, 0.717) is 6.04 Å². The van der Waals surface area contributed by atoms with Crippen molar-refractivity contribution < 1.29 is 0 Å². The van der Waals surface area contributed by atoms with Crippen LogP contribution in [-0.4, -0.2) is 42.5 Å². The van der Waals surface area contributed by atoms with Crippen LogP contribution in [0.1, 0.15) is 13.8 Å². The second-order valence-electron chi connectivity index (χ2n) is 3.25. The molecule has 1 aliphatic heterocycles. The summed E-state index contributed by atoms with van der Waals surface area (Å²) < 4.78 is 0. The smallest absolute Gasteiger partial charge is 0.0388 e. The van der Waals surface area contributed by atoms with Crippen LogP contribution in [0.25, 0.3) is 0 Å². The molecule has 2 nitrogen and oxygen atoms in total. The summed E-state index contributed by atoms with van der Waals surface area (Å²) in [6, 6.07) is 0.699. The molecular formula is C8H17N2. The van der Waals surface area contributed by atoms with Crippen LogP contribution in [0.2, 0.25) is 0 Å². The summed E-state index contributed by atoms with van der Waals surface area (Å²) >= 11 is 0. The molecule has 0 spiro atoms. The molecule has 1 radical (unpaired) electrons. The largest absolute Gasteiger partial charge is 0.299 e. The molecule has 0 saturated carbocycles. The second-order valence-corrected chi connectivity index (χ2v) is 3.25. The van der Waals surface area contributed by atoms with Crippen molar-refractivity contribution >= 4 is 0 Å². The Morgan fingerprint density at radius 3 is 2.40 bits per heavy atom. The van der Waals surface area contributed by atoms with Gasteiger partial charge in [0.25, 0.3) is 0 Å². The number of hydrogen-bond acceptors (Lipinski definition) is 2. The van der Waals surface area contributed by atoms with Crippen molar-refractivity contribution in [1.82, 2.24) is 9.80 Å². The van der Waals surface area contributed by atoms with Gasteiger partial charge < -0.3 is 0 Å². The van der Waals surface area contributed by atoms with Gasteiger partial charge >= 0.3 is 0 Å². The van der Waals surface area contributed by atoms with Crippen LogP contribution in [-0.2, 0) is 0 Å². The van der Waals surface area contributed by atoms with Gasteiger partial charge in [-0.05, 0) is 20.9 Å². The first-order valence-electron chi connectivity index (χ1n) is 3.98. The summed E-state index contributed by atoms with van der Waals surface area (Å²) in [4.78, 5) is 4.74. The van der Waals surface area contributed by atoms with Gasteiger partial charge in [-0.2, -0.15) is 0 Å². The molecule has 0 aromatic rings. The summed E-state index contributed by atoms with van der Waals surface area (Å²) in [7, 11) is 2.14. The molecular weight excluding hydrogens is 124 g/mol. The van der Waals surface area contributed by atoms with Crippen LogP contribution in [0.3, 0.4) is 0 Å². The summed E-state index contributed by atoms with van der Waals surface area (Å²) in [5, 5.41) is 0. The molecule has 1 rings (SSSR count). The SMILES string of the molecule is CC(C)N1C[CH]N(C)CC1. The molecule has 59 valence electrons. The van der Waals surface area contributed by atoms with Gasteiger partial charge in [-0.3, -0.25) is 9.80 Å². The quantitative estimate of drug-likeness (QED) is 0.533. The summed E-state index contributed by atoms with van der Waals surface area (Å²) in [6.45, 7) is 10.3. The van der Waals surface area contributed by atoms with Gasteiger partial charge in [0, 0.05) is 32.2 Å². The van der Waals surface area contributed by atoms with Crippen molar-refractivity contribution in [2.75, 3.05) is 26.7 Å². The van der Waals surface area contributed by atoms with Gasteiger partial charge in [-0.25, -0.2) is 0 Å². The molecule has 1 heterocycles. The molecule has 1 aliphatic rings. The molecule has 0 N–H and O–H groups in total. The number of nitrogens with zero attached hydrogens (tertiary/aromatic N) is 2. The molecule has 10 heavy (non-hydrogen) atoms. The van der Waals surface area contributed by atoms with E-state index in [-0.39, 0.29) is 0 Å². The lowest BCUT2D eigenvalue weighted by Gasteiger charge is -2.34. The van der Waals surface area contributed by atoms with E-state index in [1.807, 2.05) is 0 Å². The molecule has 0 amide bonds. The Kier molecular flexibility index (Phi) is 2.69. The number of likely N-dealkylation sites (N-methyl/N-ethyl adjacent to an activating group) is 1. The van der Waals surface area contributed by atoms with Gasteiger partial charge in [-0.15, -0.1) is 0 Å². The Bertz CT molecular complexity index is 93.4. The average molecular weight is 141 g/mol. The highest BCUT2D eigenvalue weighted by Gasteiger charge is 2.15. The van der Waals surface area contributed by atoms with E-state index in [1.165, 1.54) is 13.1 Å². The predicted octanol–water partition coefficient (Wildman–Crippen LogP) is 0.804. The Morgan fingerprint density at radius 1 is 1.30 bits per heavy atom. The highest BCUT2D eigenvalue weighted by Crippen LogP contribution is 2.05. The minimum absolute atomic E-state index is 0.699. The molecule has 0 aromatic heterocycles. The van der Waals surface area contributed by atoms with E-state index in [4.69, 9.17) is 0 Å². The lowest BCUT2D eigenvalue weighted by molar-refractivity contribution is 0.157. The van der Waals surface area contributed by atoms with E-state index in [2.05, 4.69) is 37.2 Å².